The summed E-state index contributed by atoms with van der Waals surface area (Å²) in [5, 5.41) is 3.25. The zero-order chi connectivity index (χ0) is 13.8. The number of halogens is 4. The Morgan fingerprint density at radius 3 is 2.20 bits per heavy atom. The highest BCUT2D eigenvalue weighted by atomic mass is 35.5. The van der Waals surface area contributed by atoms with Crippen LogP contribution in [0.25, 0.3) is 0 Å². The third kappa shape index (κ3) is 3.87. The van der Waals surface area contributed by atoms with Gasteiger partial charge in [-0.05, 0) is 24.1 Å². The van der Waals surface area contributed by atoms with E-state index in [1.807, 2.05) is 6.92 Å². The molecule has 20 heavy (non-hydrogen) atoms. The third-order valence-electron chi connectivity index (χ3n) is 3.55. The predicted octanol–water partition coefficient (Wildman–Crippen LogP) is 3.27. The van der Waals surface area contributed by atoms with Gasteiger partial charge in [0.15, 0.2) is 17.5 Å². The molecule has 1 aromatic carbocycles. The lowest BCUT2D eigenvalue weighted by Gasteiger charge is -2.35. The smallest absolute Gasteiger partial charge is 0.194 e. The Balaban J connectivity index is 0.00000200. The second-order valence-corrected chi connectivity index (χ2v) is 4.89. The molecule has 2 rings (SSSR count). The molecule has 114 valence electrons. The Bertz CT molecular complexity index is 413. The summed E-state index contributed by atoms with van der Waals surface area (Å²) in [5.41, 5.74) is 0.528. The fourth-order valence-corrected chi connectivity index (χ4v) is 2.59. The predicted molar refractivity (Wildman–Crippen MR) is 75.7 cm³/mol. The largest absolute Gasteiger partial charge is 0.314 e. The van der Waals surface area contributed by atoms with Gasteiger partial charge in [-0.3, -0.25) is 4.90 Å². The van der Waals surface area contributed by atoms with Crippen molar-refractivity contribution in [2.24, 2.45) is 0 Å². The molecule has 6 heteroatoms. The van der Waals surface area contributed by atoms with Crippen LogP contribution in [0.4, 0.5) is 13.2 Å². The number of piperazine rings is 1. The molecular formula is C14H20ClF3N2. The van der Waals surface area contributed by atoms with Crippen LogP contribution in [0, 0.1) is 17.5 Å². The molecule has 1 aliphatic heterocycles. The van der Waals surface area contributed by atoms with Crippen LogP contribution in [-0.4, -0.2) is 31.1 Å². The number of benzene rings is 1. The Morgan fingerprint density at radius 2 is 1.70 bits per heavy atom. The molecule has 2 nitrogen and oxygen atoms in total. The van der Waals surface area contributed by atoms with E-state index in [0.29, 0.717) is 5.56 Å². The van der Waals surface area contributed by atoms with Gasteiger partial charge in [0.2, 0.25) is 0 Å². The average Bonchev–Trinajstić information content (AvgIpc) is 2.42. The van der Waals surface area contributed by atoms with Crippen LogP contribution in [-0.2, 0) is 0 Å². The van der Waals surface area contributed by atoms with Gasteiger partial charge in [0.1, 0.15) is 0 Å². The van der Waals surface area contributed by atoms with E-state index in [2.05, 4.69) is 10.2 Å². The van der Waals surface area contributed by atoms with E-state index in [4.69, 9.17) is 0 Å². The zero-order valence-electron chi connectivity index (χ0n) is 11.5. The van der Waals surface area contributed by atoms with Crippen molar-refractivity contribution >= 4 is 12.4 Å². The lowest BCUT2D eigenvalue weighted by molar-refractivity contribution is 0.164. The Kier molecular flexibility index (Phi) is 6.79. The number of rotatable bonds is 4. The first kappa shape index (κ1) is 17.3. The van der Waals surface area contributed by atoms with Crippen LogP contribution in [0.15, 0.2) is 12.1 Å². The minimum absolute atomic E-state index is 0. The van der Waals surface area contributed by atoms with Gasteiger partial charge in [0.05, 0.1) is 0 Å². The minimum Gasteiger partial charge on any atom is -0.314 e. The molecule has 1 atom stereocenters. The summed E-state index contributed by atoms with van der Waals surface area (Å²) < 4.78 is 39.8. The molecule has 1 heterocycles. The Hall–Kier alpha value is -0.780. The summed E-state index contributed by atoms with van der Waals surface area (Å²) in [4.78, 5) is 2.20. The SMILES string of the molecule is CCC[C@@H](c1cc(F)c(F)c(F)c1)N1CCNCC1.Cl. The number of nitrogens with zero attached hydrogens (tertiary/aromatic N) is 1. The Morgan fingerprint density at radius 1 is 1.15 bits per heavy atom. The van der Waals surface area contributed by atoms with E-state index in [9.17, 15) is 13.2 Å². The molecule has 0 bridgehead atoms. The van der Waals surface area contributed by atoms with Gasteiger partial charge in [0, 0.05) is 32.2 Å². The van der Waals surface area contributed by atoms with Crippen molar-refractivity contribution in [3.63, 3.8) is 0 Å². The van der Waals surface area contributed by atoms with Crippen molar-refractivity contribution in [2.75, 3.05) is 26.2 Å². The maximum absolute atomic E-state index is 13.4. The van der Waals surface area contributed by atoms with Crippen LogP contribution >= 0.6 is 12.4 Å². The highest BCUT2D eigenvalue weighted by Crippen LogP contribution is 2.28. The van der Waals surface area contributed by atoms with Crippen molar-refractivity contribution < 1.29 is 13.2 Å². The van der Waals surface area contributed by atoms with Crippen LogP contribution in [0.5, 0.6) is 0 Å². The van der Waals surface area contributed by atoms with Gasteiger partial charge in [0.25, 0.3) is 0 Å². The van der Waals surface area contributed by atoms with Crippen LogP contribution in [0.3, 0.4) is 0 Å². The van der Waals surface area contributed by atoms with E-state index in [1.165, 1.54) is 0 Å². The maximum Gasteiger partial charge on any atom is 0.194 e. The number of hydrogen-bond donors (Lipinski definition) is 1. The van der Waals surface area contributed by atoms with Crippen molar-refractivity contribution in [2.45, 2.75) is 25.8 Å². The quantitative estimate of drug-likeness (QED) is 0.859. The standard InChI is InChI=1S/C14H19F3N2.ClH/c1-2-3-13(19-6-4-18-5-7-19)10-8-11(15)14(17)12(16)9-10;/h8-9,13,18H,2-7H2,1H3;1H/t13-;/m0./s1. The molecule has 0 radical (unpaired) electrons. The molecule has 1 N–H and O–H groups in total. The van der Waals surface area contributed by atoms with E-state index in [0.717, 1.165) is 51.2 Å². The van der Waals surface area contributed by atoms with Crippen molar-refractivity contribution in [1.82, 2.24) is 10.2 Å². The first-order chi connectivity index (χ1) is 9.13. The average molecular weight is 309 g/mol. The van der Waals surface area contributed by atoms with Crippen molar-refractivity contribution in [3.8, 4) is 0 Å². The summed E-state index contributed by atoms with van der Waals surface area (Å²) >= 11 is 0. The molecule has 0 aliphatic carbocycles. The van der Waals surface area contributed by atoms with Gasteiger partial charge in [-0.2, -0.15) is 0 Å². The fourth-order valence-electron chi connectivity index (χ4n) is 2.59. The molecule has 0 amide bonds. The fraction of sp³-hybridized carbons (Fsp3) is 0.571. The molecule has 1 aliphatic rings. The lowest BCUT2D eigenvalue weighted by Crippen LogP contribution is -2.45. The molecule has 1 aromatic rings. The summed E-state index contributed by atoms with van der Waals surface area (Å²) in [7, 11) is 0. The van der Waals surface area contributed by atoms with Gasteiger partial charge in [-0.25, -0.2) is 13.2 Å². The molecule has 0 aromatic heterocycles. The molecule has 0 spiro atoms. The van der Waals surface area contributed by atoms with Crippen molar-refractivity contribution in [3.05, 3.63) is 35.1 Å². The molecular weight excluding hydrogens is 289 g/mol. The molecule has 1 fully saturated rings. The highest BCUT2D eigenvalue weighted by Gasteiger charge is 2.23. The maximum atomic E-state index is 13.4. The van der Waals surface area contributed by atoms with Crippen molar-refractivity contribution in [1.29, 1.82) is 0 Å². The van der Waals surface area contributed by atoms with E-state index >= 15 is 0 Å². The monoisotopic (exact) mass is 308 g/mol. The van der Waals surface area contributed by atoms with Crippen LogP contribution < -0.4 is 5.32 Å². The first-order valence-corrected chi connectivity index (χ1v) is 6.72. The minimum atomic E-state index is -1.39. The van der Waals surface area contributed by atoms with Gasteiger partial charge >= 0.3 is 0 Å². The zero-order valence-corrected chi connectivity index (χ0v) is 12.3. The normalized spacial score (nSPS) is 17.6. The molecule has 0 saturated carbocycles. The number of nitrogens with one attached hydrogen (secondary N) is 1. The summed E-state index contributed by atoms with van der Waals surface area (Å²) in [6.45, 7) is 5.45. The molecule has 1 saturated heterocycles. The topological polar surface area (TPSA) is 15.3 Å². The highest BCUT2D eigenvalue weighted by molar-refractivity contribution is 5.85. The van der Waals surface area contributed by atoms with Crippen LogP contribution in [0.1, 0.15) is 31.4 Å². The third-order valence-corrected chi connectivity index (χ3v) is 3.55. The van der Waals surface area contributed by atoms with E-state index in [-0.39, 0.29) is 18.4 Å². The second kappa shape index (κ2) is 7.86. The Labute approximate surface area is 123 Å². The molecule has 0 unspecified atom stereocenters. The van der Waals surface area contributed by atoms with Gasteiger partial charge < -0.3 is 5.32 Å². The van der Waals surface area contributed by atoms with Gasteiger partial charge in [-0.1, -0.05) is 13.3 Å². The first-order valence-electron chi connectivity index (χ1n) is 6.72. The number of hydrogen-bond acceptors (Lipinski definition) is 2. The lowest BCUT2D eigenvalue weighted by atomic mass is 9.99. The second-order valence-electron chi connectivity index (χ2n) is 4.89. The van der Waals surface area contributed by atoms with E-state index in [1.54, 1.807) is 0 Å². The summed E-state index contributed by atoms with van der Waals surface area (Å²) in [5.74, 6) is -3.60. The summed E-state index contributed by atoms with van der Waals surface area (Å²) in [6.07, 6.45) is 1.72. The van der Waals surface area contributed by atoms with E-state index < -0.39 is 17.5 Å². The van der Waals surface area contributed by atoms with Gasteiger partial charge in [-0.15, -0.1) is 12.4 Å². The van der Waals surface area contributed by atoms with Crippen LogP contribution in [0.2, 0.25) is 0 Å². The summed E-state index contributed by atoms with van der Waals surface area (Å²) in [6, 6.07) is 2.21.